The fraction of sp³-hybridized carbons (Fsp3) is 0. The summed E-state index contributed by atoms with van der Waals surface area (Å²) in [5.74, 6) is 0. The summed E-state index contributed by atoms with van der Waals surface area (Å²) in [6, 6.07) is 15.3. The van der Waals surface area contributed by atoms with E-state index in [2.05, 4.69) is 5.32 Å². The van der Waals surface area contributed by atoms with Crippen LogP contribution in [-0.2, 0) is 10.3 Å². The Morgan fingerprint density at radius 1 is 0.947 bits per heavy atom. The van der Waals surface area contributed by atoms with Gasteiger partial charge in [-0.05, 0) is 24.3 Å². The molecular formula is C12H11N3O3S. The first kappa shape index (κ1) is 13.2. The molecule has 0 aliphatic carbocycles. The normalized spacial score (nSPS) is 11.0. The van der Waals surface area contributed by atoms with Crippen molar-refractivity contribution in [2.24, 2.45) is 0 Å². The average Bonchev–Trinajstić information content (AvgIpc) is 2.39. The van der Waals surface area contributed by atoms with Gasteiger partial charge in [0.2, 0.25) is 5.69 Å². The molecule has 0 aliphatic heterocycles. The average molecular weight is 277 g/mol. The predicted molar refractivity (Wildman–Crippen MR) is 71.0 cm³/mol. The molecule has 0 amide bonds. The Morgan fingerprint density at radius 3 is 2.00 bits per heavy atom. The summed E-state index contributed by atoms with van der Waals surface area (Å²) in [6.07, 6.45) is 0. The van der Waals surface area contributed by atoms with Crippen LogP contribution in [-0.4, -0.2) is 17.1 Å². The summed E-state index contributed by atoms with van der Waals surface area (Å²) in [4.78, 5) is 0. The molecule has 2 N–H and O–H groups in total. The highest BCUT2D eigenvalue weighted by Gasteiger charge is 2.17. The van der Waals surface area contributed by atoms with Gasteiger partial charge in [0.15, 0.2) is 0 Å². The monoisotopic (exact) mass is 277 g/mol. The zero-order valence-electron chi connectivity index (χ0n) is 9.76. The third-order valence-corrected chi connectivity index (χ3v) is 3.02. The minimum absolute atomic E-state index is 0.0545. The van der Waals surface area contributed by atoms with E-state index in [1.54, 1.807) is 12.1 Å². The summed E-state index contributed by atoms with van der Waals surface area (Å²) in [6.45, 7) is 0. The van der Waals surface area contributed by atoms with E-state index in [4.69, 9.17) is 4.55 Å². The number of benzene rings is 2. The lowest BCUT2D eigenvalue weighted by molar-refractivity contribution is -0.298. The van der Waals surface area contributed by atoms with E-state index in [-0.39, 0.29) is 9.79 Å². The summed E-state index contributed by atoms with van der Waals surface area (Å²) in [5.41, 5.74) is 10.8. The van der Waals surface area contributed by atoms with Gasteiger partial charge in [0.05, 0.1) is 0 Å². The molecule has 0 saturated carbocycles. The van der Waals surface area contributed by atoms with Crippen LogP contribution in [0.1, 0.15) is 0 Å². The van der Waals surface area contributed by atoms with Crippen molar-refractivity contribution in [1.29, 1.82) is 0 Å². The van der Waals surface area contributed by atoms with Gasteiger partial charge in [0, 0.05) is 23.5 Å². The molecular weight excluding hydrogens is 266 g/mol. The molecule has 7 heteroatoms. The Hall–Kier alpha value is -2.25. The first-order valence-electron chi connectivity index (χ1n) is 5.35. The molecule has 19 heavy (non-hydrogen) atoms. The highest BCUT2D eigenvalue weighted by molar-refractivity contribution is 7.79. The fourth-order valence-corrected chi connectivity index (χ4v) is 1.88. The van der Waals surface area contributed by atoms with Crippen LogP contribution in [0.4, 0.5) is 17.1 Å². The van der Waals surface area contributed by atoms with Crippen molar-refractivity contribution in [3.05, 3.63) is 60.1 Å². The van der Waals surface area contributed by atoms with E-state index < -0.39 is 10.3 Å². The first-order chi connectivity index (χ1) is 8.97. The van der Waals surface area contributed by atoms with Gasteiger partial charge < -0.3 is 10.8 Å². The molecule has 2 aromatic carbocycles. The molecule has 98 valence electrons. The van der Waals surface area contributed by atoms with Gasteiger partial charge in [-0.25, -0.2) is 4.55 Å². The largest absolute Gasteiger partial charge is 0.501 e. The Bertz CT molecular complexity index is 682. The molecule has 0 aromatic heterocycles. The highest BCUT2D eigenvalue weighted by atomic mass is 32.2. The molecule has 0 bridgehead atoms. The van der Waals surface area contributed by atoms with E-state index in [0.29, 0.717) is 0 Å². The van der Waals surface area contributed by atoms with Crippen LogP contribution >= 0.6 is 0 Å². The minimum Gasteiger partial charge on any atom is -0.478 e. The highest BCUT2D eigenvalue weighted by Crippen LogP contribution is 2.21. The maximum Gasteiger partial charge on any atom is 0.501 e. The van der Waals surface area contributed by atoms with Crippen molar-refractivity contribution >= 4 is 27.4 Å². The molecule has 2 aromatic rings. The van der Waals surface area contributed by atoms with Gasteiger partial charge in [-0.1, -0.05) is 18.2 Å². The molecule has 0 aliphatic rings. The lowest BCUT2D eigenvalue weighted by atomic mass is 10.2. The van der Waals surface area contributed by atoms with E-state index in [9.17, 15) is 13.9 Å². The second-order valence-electron chi connectivity index (χ2n) is 3.76. The summed E-state index contributed by atoms with van der Waals surface area (Å²) >= 11 is 0. The number of hydrogen-bond donors (Lipinski definition) is 2. The van der Waals surface area contributed by atoms with Crippen molar-refractivity contribution in [3.63, 3.8) is 0 Å². The Balaban J connectivity index is 2.18. The smallest absolute Gasteiger partial charge is 0.478 e. The van der Waals surface area contributed by atoms with Crippen molar-refractivity contribution < 1.29 is 17.1 Å². The SMILES string of the molecule is [N-]=[N+](c1ccc(Nc2ccccc2)cc1)S(=O)(=O)O. The lowest BCUT2D eigenvalue weighted by Crippen LogP contribution is -2.10. The molecule has 0 fully saturated rings. The second kappa shape index (κ2) is 5.17. The quantitative estimate of drug-likeness (QED) is 0.510. The van der Waals surface area contributed by atoms with Crippen molar-refractivity contribution in [1.82, 2.24) is 0 Å². The third-order valence-electron chi connectivity index (χ3n) is 2.37. The van der Waals surface area contributed by atoms with Crippen LogP contribution in [0.3, 0.4) is 0 Å². The Kier molecular flexibility index (Phi) is 3.59. The lowest BCUT2D eigenvalue weighted by Gasteiger charge is -2.06. The van der Waals surface area contributed by atoms with Gasteiger partial charge in [-0.2, -0.15) is 0 Å². The number of anilines is 2. The fourth-order valence-electron chi connectivity index (χ4n) is 1.49. The summed E-state index contributed by atoms with van der Waals surface area (Å²) in [5, 5.41) is 3.10. The number of nitrogens with zero attached hydrogens (tertiary/aromatic N) is 2. The summed E-state index contributed by atoms with van der Waals surface area (Å²) < 4.78 is 29.9. The second-order valence-corrected chi connectivity index (χ2v) is 5.00. The van der Waals surface area contributed by atoms with E-state index >= 15 is 0 Å². The minimum atomic E-state index is -4.66. The third kappa shape index (κ3) is 3.36. The van der Waals surface area contributed by atoms with E-state index in [1.807, 2.05) is 30.3 Å². The standard InChI is InChI=1S/C12H11N3O3S/c13-15(19(16,17)18)12-8-6-11(7-9-12)14-10-4-2-1-3-5-10/h1-9,14H,(H,16,17,18). The van der Waals surface area contributed by atoms with Crippen LogP contribution < -0.4 is 5.32 Å². The van der Waals surface area contributed by atoms with E-state index in [1.165, 1.54) is 12.1 Å². The maximum atomic E-state index is 10.7. The number of hydrogen-bond acceptors (Lipinski definition) is 3. The van der Waals surface area contributed by atoms with Crippen LogP contribution in [0, 0.1) is 0 Å². The van der Waals surface area contributed by atoms with Crippen LogP contribution in [0.5, 0.6) is 0 Å². The Labute approximate surface area is 110 Å². The zero-order chi connectivity index (χ0) is 13.9. The number of nitrogens with one attached hydrogen (secondary N) is 1. The maximum absolute atomic E-state index is 10.7. The molecule has 0 saturated heterocycles. The van der Waals surface area contributed by atoms with Gasteiger partial charge in [0.25, 0.3) is 0 Å². The molecule has 2 rings (SSSR count). The van der Waals surface area contributed by atoms with Crippen molar-refractivity contribution in [2.75, 3.05) is 5.32 Å². The molecule has 0 atom stereocenters. The zero-order valence-corrected chi connectivity index (χ0v) is 10.6. The topological polar surface area (TPSA) is 91.7 Å². The predicted octanol–water partition coefficient (Wildman–Crippen LogP) is 2.90. The first-order valence-corrected chi connectivity index (χ1v) is 6.75. The van der Waals surface area contributed by atoms with Gasteiger partial charge in [0.1, 0.15) is 0 Å². The molecule has 0 heterocycles. The van der Waals surface area contributed by atoms with Crippen molar-refractivity contribution in [3.8, 4) is 0 Å². The molecule has 0 radical (unpaired) electrons. The van der Waals surface area contributed by atoms with Crippen LogP contribution in [0.15, 0.2) is 54.6 Å². The van der Waals surface area contributed by atoms with Crippen LogP contribution in [0.25, 0.3) is 5.53 Å². The van der Waals surface area contributed by atoms with Crippen LogP contribution in [0.2, 0.25) is 0 Å². The van der Waals surface area contributed by atoms with Gasteiger partial charge in [-0.15, -0.1) is 12.5 Å². The molecule has 6 nitrogen and oxygen atoms in total. The Morgan fingerprint density at radius 2 is 1.47 bits per heavy atom. The number of para-hydroxylation sites is 1. The van der Waals surface area contributed by atoms with Gasteiger partial charge >= 0.3 is 10.3 Å². The molecule has 0 unspecified atom stereocenters. The van der Waals surface area contributed by atoms with Crippen molar-refractivity contribution in [2.45, 2.75) is 0 Å². The number of rotatable bonds is 4. The van der Waals surface area contributed by atoms with Gasteiger partial charge in [-0.3, -0.25) is 0 Å². The van der Waals surface area contributed by atoms with E-state index in [0.717, 1.165) is 11.4 Å². The summed E-state index contributed by atoms with van der Waals surface area (Å²) in [7, 11) is -4.66. The molecule has 0 spiro atoms.